The van der Waals surface area contributed by atoms with E-state index >= 15 is 0 Å². The molecular formula is C12H22N2O2. The van der Waals surface area contributed by atoms with Crippen molar-refractivity contribution in [2.45, 2.75) is 45.4 Å². The molecule has 92 valence electrons. The second-order valence-corrected chi connectivity index (χ2v) is 4.37. The molecule has 0 aromatic heterocycles. The Kier molecular flexibility index (Phi) is 5.90. The smallest absolute Gasteiger partial charge is 0.220 e. The van der Waals surface area contributed by atoms with Crippen molar-refractivity contribution in [3.63, 3.8) is 0 Å². The van der Waals surface area contributed by atoms with Crippen LogP contribution >= 0.6 is 0 Å². The highest BCUT2D eigenvalue weighted by molar-refractivity contribution is 5.76. The summed E-state index contributed by atoms with van der Waals surface area (Å²) in [5.41, 5.74) is 0. The SMILES string of the molecule is CC(=O)N1CCCCCCCC(=O)NCC1. The predicted octanol–water partition coefficient (Wildman–Crippen LogP) is 1.31. The highest BCUT2D eigenvalue weighted by atomic mass is 16.2. The molecule has 1 saturated heterocycles. The van der Waals surface area contributed by atoms with E-state index in [4.69, 9.17) is 0 Å². The molecule has 4 heteroatoms. The maximum Gasteiger partial charge on any atom is 0.220 e. The maximum absolute atomic E-state index is 11.4. The molecular weight excluding hydrogens is 204 g/mol. The summed E-state index contributed by atoms with van der Waals surface area (Å²) >= 11 is 0. The van der Waals surface area contributed by atoms with Crippen LogP contribution in [-0.4, -0.2) is 36.3 Å². The zero-order chi connectivity index (χ0) is 11.8. The Morgan fingerprint density at radius 2 is 1.81 bits per heavy atom. The lowest BCUT2D eigenvalue weighted by atomic mass is 10.1. The third-order valence-corrected chi connectivity index (χ3v) is 2.98. The van der Waals surface area contributed by atoms with E-state index in [0.717, 1.165) is 32.2 Å². The first-order chi connectivity index (χ1) is 7.70. The van der Waals surface area contributed by atoms with Crippen LogP contribution in [0, 0.1) is 0 Å². The molecule has 0 aromatic carbocycles. The topological polar surface area (TPSA) is 49.4 Å². The van der Waals surface area contributed by atoms with E-state index in [9.17, 15) is 9.59 Å². The molecule has 0 spiro atoms. The summed E-state index contributed by atoms with van der Waals surface area (Å²) in [5, 5.41) is 2.85. The van der Waals surface area contributed by atoms with Crippen molar-refractivity contribution >= 4 is 11.8 Å². The van der Waals surface area contributed by atoms with Crippen LogP contribution in [0.1, 0.15) is 45.4 Å². The Labute approximate surface area is 97.4 Å². The molecule has 1 N–H and O–H groups in total. The minimum Gasteiger partial charge on any atom is -0.354 e. The fourth-order valence-corrected chi connectivity index (χ4v) is 1.96. The van der Waals surface area contributed by atoms with Crippen LogP contribution in [0.15, 0.2) is 0 Å². The molecule has 0 bridgehead atoms. The molecule has 0 saturated carbocycles. The molecule has 1 aliphatic rings. The predicted molar refractivity (Wildman–Crippen MR) is 63.0 cm³/mol. The minimum absolute atomic E-state index is 0.103. The molecule has 1 heterocycles. The number of rotatable bonds is 0. The first-order valence-corrected chi connectivity index (χ1v) is 6.22. The molecule has 1 fully saturated rings. The van der Waals surface area contributed by atoms with Gasteiger partial charge in [0.15, 0.2) is 0 Å². The maximum atomic E-state index is 11.4. The Balaban J connectivity index is 2.40. The first kappa shape index (κ1) is 13.0. The number of hydrogen-bond donors (Lipinski definition) is 1. The van der Waals surface area contributed by atoms with Crippen molar-refractivity contribution in [1.29, 1.82) is 0 Å². The second kappa shape index (κ2) is 7.25. The van der Waals surface area contributed by atoms with Gasteiger partial charge in [-0.3, -0.25) is 9.59 Å². The van der Waals surface area contributed by atoms with Crippen molar-refractivity contribution in [3.05, 3.63) is 0 Å². The molecule has 2 amide bonds. The van der Waals surface area contributed by atoms with E-state index in [1.165, 1.54) is 6.42 Å². The second-order valence-electron chi connectivity index (χ2n) is 4.37. The lowest BCUT2D eigenvalue weighted by Gasteiger charge is -2.21. The fourth-order valence-electron chi connectivity index (χ4n) is 1.96. The summed E-state index contributed by atoms with van der Waals surface area (Å²) in [7, 11) is 0. The number of carbonyl (C=O) groups is 2. The summed E-state index contributed by atoms with van der Waals surface area (Å²) in [4.78, 5) is 24.5. The zero-order valence-electron chi connectivity index (χ0n) is 10.1. The van der Waals surface area contributed by atoms with Gasteiger partial charge < -0.3 is 10.2 Å². The van der Waals surface area contributed by atoms with Gasteiger partial charge in [-0.05, 0) is 12.8 Å². The normalized spacial score (nSPS) is 20.6. The standard InChI is InChI=1S/C12H22N2O2/c1-11(15)14-9-6-4-2-3-5-7-12(16)13-8-10-14/h2-10H2,1H3,(H,13,16). The summed E-state index contributed by atoms with van der Waals surface area (Å²) in [6.07, 6.45) is 6.13. The molecule has 16 heavy (non-hydrogen) atoms. The Morgan fingerprint density at radius 3 is 2.56 bits per heavy atom. The Morgan fingerprint density at radius 1 is 1.12 bits per heavy atom. The lowest BCUT2D eigenvalue weighted by molar-refractivity contribution is -0.129. The van der Waals surface area contributed by atoms with E-state index < -0.39 is 0 Å². The van der Waals surface area contributed by atoms with Crippen molar-refractivity contribution in [2.24, 2.45) is 0 Å². The summed E-state index contributed by atoms with van der Waals surface area (Å²) in [6.45, 7) is 3.64. The van der Waals surface area contributed by atoms with Crippen LogP contribution in [0.2, 0.25) is 0 Å². The van der Waals surface area contributed by atoms with Crippen molar-refractivity contribution < 1.29 is 9.59 Å². The highest BCUT2D eigenvalue weighted by Gasteiger charge is 2.09. The fraction of sp³-hybridized carbons (Fsp3) is 0.833. The van der Waals surface area contributed by atoms with E-state index in [1.54, 1.807) is 6.92 Å². The zero-order valence-corrected chi connectivity index (χ0v) is 10.1. The van der Waals surface area contributed by atoms with Crippen LogP contribution in [0.25, 0.3) is 0 Å². The van der Waals surface area contributed by atoms with Gasteiger partial charge in [0.2, 0.25) is 11.8 Å². The van der Waals surface area contributed by atoms with Gasteiger partial charge in [-0.15, -0.1) is 0 Å². The number of amides is 2. The largest absolute Gasteiger partial charge is 0.354 e. The number of carbonyl (C=O) groups excluding carboxylic acids is 2. The van der Waals surface area contributed by atoms with Gasteiger partial charge in [-0.2, -0.15) is 0 Å². The summed E-state index contributed by atoms with van der Waals surface area (Å²) in [5.74, 6) is 0.218. The average molecular weight is 226 g/mol. The molecule has 0 aliphatic carbocycles. The van der Waals surface area contributed by atoms with E-state index in [-0.39, 0.29) is 11.8 Å². The van der Waals surface area contributed by atoms with Crippen LogP contribution in [-0.2, 0) is 9.59 Å². The molecule has 0 atom stereocenters. The highest BCUT2D eigenvalue weighted by Crippen LogP contribution is 2.07. The van der Waals surface area contributed by atoms with Crippen molar-refractivity contribution in [2.75, 3.05) is 19.6 Å². The summed E-state index contributed by atoms with van der Waals surface area (Å²) in [6, 6.07) is 0. The van der Waals surface area contributed by atoms with Gasteiger partial charge in [0.25, 0.3) is 0 Å². The number of nitrogens with one attached hydrogen (secondary N) is 1. The van der Waals surface area contributed by atoms with E-state index in [0.29, 0.717) is 19.5 Å². The Hall–Kier alpha value is -1.06. The number of nitrogens with zero attached hydrogens (tertiary/aromatic N) is 1. The third kappa shape index (κ3) is 5.14. The monoisotopic (exact) mass is 226 g/mol. The van der Waals surface area contributed by atoms with Crippen LogP contribution in [0.5, 0.6) is 0 Å². The lowest BCUT2D eigenvalue weighted by Crippen LogP contribution is -2.38. The first-order valence-electron chi connectivity index (χ1n) is 6.22. The van der Waals surface area contributed by atoms with Crippen LogP contribution < -0.4 is 5.32 Å². The van der Waals surface area contributed by atoms with Gasteiger partial charge in [0.1, 0.15) is 0 Å². The molecule has 1 aliphatic heterocycles. The summed E-state index contributed by atoms with van der Waals surface area (Å²) < 4.78 is 0. The third-order valence-electron chi connectivity index (χ3n) is 2.98. The van der Waals surface area contributed by atoms with Gasteiger partial charge in [-0.1, -0.05) is 19.3 Å². The average Bonchev–Trinajstić information content (AvgIpc) is 2.22. The van der Waals surface area contributed by atoms with E-state index in [1.807, 2.05) is 4.90 Å². The molecule has 1 rings (SSSR count). The van der Waals surface area contributed by atoms with Crippen molar-refractivity contribution in [1.82, 2.24) is 10.2 Å². The van der Waals surface area contributed by atoms with Gasteiger partial charge in [0, 0.05) is 33.0 Å². The molecule has 0 aromatic rings. The molecule has 4 nitrogen and oxygen atoms in total. The molecule has 0 radical (unpaired) electrons. The van der Waals surface area contributed by atoms with E-state index in [2.05, 4.69) is 5.32 Å². The molecule has 0 unspecified atom stereocenters. The van der Waals surface area contributed by atoms with Gasteiger partial charge in [0.05, 0.1) is 0 Å². The van der Waals surface area contributed by atoms with Gasteiger partial charge in [-0.25, -0.2) is 0 Å². The quantitative estimate of drug-likeness (QED) is 0.677. The van der Waals surface area contributed by atoms with Crippen LogP contribution in [0.3, 0.4) is 0 Å². The Bertz CT molecular complexity index is 241. The van der Waals surface area contributed by atoms with Crippen molar-refractivity contribution in [3.8, 4) is 0 Å². The minimum atomic E-state index is 0.103. The van der Waals surface area contributed by atoms with Crippen LogP contribution in [0.4, 0.5) is 0 Å². The van der Waals surface area contributed by atoms with Gasteiger partial charge >= 0.3 is 0 Å². The number of hydrogen-bond acceptors (Lipinski definition) is 2.